The Labute approximate surface area is 603 Å². The van der Waals surface area contributed by atoms with Crippen LogP contribution in [0.4, 0.5) is 0 Å². The Morgan fingerprint density at radius 2 is 0.772 bits per heavy atom. The Bertz CT molecular complexity index is 5000. The van der Waals surface area contributed by atoms with Gasteiger partial charge < -0.3 is 39.4 Å². The van der Waals surface area contributed by atoms with Gasteiger partial charge in [0.25, 0.3) is 0 Å². The van der Waals surface area contributed by atoms with Gasteiger partial charge in [-0.3, -0.25) is 0 Å². The molecule has 0 radical (unpaired) electrons. The summed E-state index contributed by atoms with van der Waals surface area (Å²) in [5.74, 6) is -18.0. The first-order valence-corrected chi connectivity index (χ1v) is 33.3. The number of allylic oxidation sites excluding steroid dienone is 8. The zero-order valence-corrected chi connectivity index (χ0v) is 56.4. The van der Waals surface area contributed by atoms with E-state index in [1.54, 1.807) is 13.8 Å². The summed E-state index contributed by atoms with van der Waals surface area (Å²) in [4.78, 5) is 0. The zero-order chi connectivity index (χ0) is 95.4. The zero-order valence-electron chi connectivity index (χ0n) is 89.4. The molecular weight excluding hydrogens is 1140 g/mol. The minimum absolute atomic E-state index is 0.0140. The van der Waals surface area contributed by atoms with Crippen molar-refractivity contribution in [2.45, 2.75) is 310 Å². The molecule has 8 nitrogen and oxygen atoms in total. The van der Waals surface area contributed by atoms with Gasteiger partial charge in [0.15, 0.2) is 0 Å². The van der Waals surface area contributed by atoms with Crippen LogP contribution >= 0.6 is 0 Å². The van der Waals surface area contributed by atoms with Gasteiger partial charge in [-0.15, -0.1) is 0 Å². The summed E-state index contributed by atoms with van der Waals surface area (Å²) in [6, 6.07) is -3.24. The second-order valence-corrected chi connectivity index (χ2v) is 27.2. The molecule has 4 heterocycles. The monoisotopic (exact) mass is 1290 g/mol. The quantitative estimate of drug-likeness (QED) is 0.0647. The number of aromatic hydroxyl groups is 4. The Morgan fingerprint density at radius 3 is 1.16 bits per heavy atom. The Kier molecular flexibility index (Phi) is 12.6. The van der Waals surface area contributed by atoms with Crippen LogP contribution in [-0.2, 0) is 25.7 Å². The molecule has 0 amide bonds. The molecule has 4 aromatic rings. The SMILES string of the molecule is [2H]C1=C(C([2H])([2H])[2H])CC([2H])([2H])[C@@]2([2H])C(C)(C)Oc3c([2H])c(CCCCC)c([2H])c(O)c3[C@]12[2H].[2H]C1=C(C)C([2H])([2H])C([2H])([2H])[C@@]2([2H])C(C)(C)Oc3c([2H])c(CCCCC)c([2H])c(O)c3[C@]12[2H].[2H]c1c(O)c2c(c([2H])c1CCCCC)OC(C)(C)[C@@H]1CC([2H])([2H])C(C([2H])([2H])[2H])=C[C@@]21[2H].[2H]c1c(O)c2c(c([2H])c1CCCCC)OC(C)(C)[C@@H]1CCC(C([2H])([2H])[2H])=C[C@@]21[2H]. The lowest BCUT2D eigenvalue weighted by molar-refractivity contribution is 0.0104. The van der Waals surface area contributed by atoms with Crippen LogP contribution in [0.25, 0.3) is 0 Å². The highest BCUT2D eigenvalue weighted by Crippen LogP contribution is 2.58. The summed E-state index contributed by atoms with van der Waals surface area (Å²) >= 11 is 0. The molecule has 8 atom stereocenters. The summed E-state index contributed by atoms with van der Waals surface area (Å²) in [6.07, 6.45) is 3.39. The Balaban J connectivity index is 0.000000189. The van der Waals surface area contributed by atoms with E-state index in [0.717, 1.165) is 70.3 Å². The maximum atomic E-state index is 11.0. The van der Waals surface area contributed by atoms with Crippen molar-refractivity contribution in [1.29, 1.82) is 0 Å². The Hall–Kier alpha value is -5.76. The van der Waals surface area contributed by atoms with E-state index in [9.17, 15) is 28.7 Å². The first kappa shape index (κ1) is 38.7. The number of ether oxygens (including phenoxy) is 4. The third-order valence-electron chi connectivity index (χ3n) is 18.0. The molecular formula is C84H120O8. The average Bonchev–Trinajstić information content (AvgIpc) is 0.654. The third kappa shape index (κ3) is 16.1. The average molecular weight is 1290 g/mol. The second-order valence-electron chi connectivity index (χ2n) is 27.2. The van der Waals surface area contributed by atoms with Crippen molar-refractivity contribution < 1.29 is 84.6 Å². The van der Waals surface area contributed by atoms with Crippen molar-refractivity contribution in [2.24, 2.45) is 23.6 Å². The molecule has 4 aliphatic heterocycles. The predicted octanol–water partition coefficient (Wildman–Crippen LogP) is 22.9. The fourth-order valence-electron chi connectivity index (χ4n) is 13.1. The summed E-state index contributed by atoms with van der Waals surface area (Å²) in [7, 11) is 0. The van der Waals surface area contributed by atoms with Gasteiger partial charge >= 0.3 is 0 Å². The highest BCUT2D eigenvalue weighted by atomic mass is 16.5. The molecule has 0 bridgehead atoms. The van der Waals surface area contributed by atoms with E-state index in [1.165, 1.54) is 40.7 Å². The van der Waals surface area contributed by atoms with Gasteiger partial charge in [0.2, 0.25) is 0 Å². The second kappa shape index (κ2) is 29.9. The number of fused-ring (bicyclic) bond motifs is 12. The van der Waals surface area contributed by atoms with Crippen LogP contribution in [0, 0.1) is 23.6 Å². The van der Waals surface area contributed by atoms with Gasteiger partial charge in [0, 0.05) is 101 Å². The Morgan fingerprint density at radius 1 is 0.424 bits per heavy atom. The highest BCUT2D eigenvalue weighted by molar-refractivity contribution is 5.58. The number of rotatable bonds is 16. The van der Waals surface area contributed by atoms with Crippen LogP contribution in [0.5, 0.6) is 46.0 Å². The molecule has 8 heteroatoms. The molecule has 0 fully saturated rings. The maximum Gasteiger partial charge on any atom is 0.127 e. The molecule has 4 aliphatic carbocycles. The minimum atomic E-state index is -3.01. The summed E-state index contributed by atoms with van der Waals surface area (Å²) < 4.78 is 304. The lowest BCUT2D eigenvalue weighted by atomic mass is 9.68. The van der Waals surface area contributed by atoms with Crippen molar-refractivity contribution in [2.75, 3.05) is 0 Å². The summed E-state index contributed by atoms with van der Waals surface area (Å²) in [5, 5.41) is 44.0. The van der Waals surface area contributed by atoms with Crippen LogP contribution < -0.4 is 18.9 Å². The molecule has 92 heavy (non-hydrogen) atoms. The van der Waals surface area contributed by atoms with Crippen LogP contribution in [0.15, 0.2) is 94.9 Å². The molecule has 504 valence electrons. The van der Waals surface area contributed by atoms with E-state index in [1.807, 2.05) is 34.6 Å². The van der Waals surface area contributed by atoms with Crippen LogP contribution in [0.2, 0.25) is 0 Å². The molecule has 0 unspecified atom stereocenters. The fraction of sp³-hybridized carbons (Fsp3) is 0.619. The van der Waals surface area contributed by atoms with E-state index in [4.69, 9.17) is 56.0 Å². The number of phenolic OH excluding ortho intramolecular Hbond substituents is 4. The van der Waals surface area contributed by atoms with E-state index in [0.29, 0.717) is 62.5 Å². The van der Waals surface area contributed by atoms with Crippen LogP contribution in [-0.4, -0.2) is 42.8 Å². The summed E-state index contributed by atoms with van der Waals surface area (Å²) in [5.41, 5.74) is -6.69. The van der Waals surface area contributed by atoms with Gasteiger partial charge in [-0.1, -0.05) is 126 Å². The van der Waals surface area contributed by atoms with Gasteiger partial charge in [-0.25, -0.2) is 0 Å². The number of hydrogen-bond acceptors (Lipinski definition) is 8. The highest BCUT2D eigenvalue weighted by Gasteiger charge is 2.49. The largest absolute Gasteiger partial charge is 0.507 e. The first-order chi connectivity index (χ1) is 56.8. The standard InChI is InChI=1S/4C21H30O2/c4*1-5-6-7-8-15-12-18(22)20-16-11-14(2)9-10-17(16)21(3,4)23-19(20)13-15/h4*11-13,16-17,22H,5-10H2,1-4H3/t4*16-,17-/m1111/s1/i9D2,10D2,11D,12D,13D,16D,17D;2D3,10D2,11D,12D,13D,16D,17D;2D3,9D2,12D,13D,16D;2D3,12D,13D,16D. The van der Waals surface area contributed by atoms with Gasteiger partial charge in [0.05, 0.1) is 13.7 Å². The number of benzene rings is 4. The molecule has 8 aliphatic rings. The van der Waals surface area contributed by atoms with Gasteiger partial charge in [-0.05, 0) is 256 Å². The summed E-state index contributed by atoms with van der Waals surface area (Å²) in [6.45, 7) is 13.9. The first-order valence-electron chi connectivity index (χ1n) is 49.8. The van der Waals surface area contributed by atoms with Gasteiger partial charge in [-0.2, -0.15) is 0 Å². The van der Waals surface area contributed by atoms with E-state index in [2.05, 4.69) is 6.92 Å². The van der Waals surface area contributed by atoms with E-state index < -0.39 is 186 Å². The molecule has 0 aromatic heterocycles. The maximum absolute atomic E-state index is 11.0. The van der Waals surface area contributed by atoms with Crippen LogP contribution in [0.3, 0.4) is 0 Å². The van der Waals surface area contributed by atoms with Gasteiger partial charge in [0.1, 0.15) is 68.4 Å². The van der Waals surface area contributed by atoms with Crippen molar-refractivity contribution in [3.63, 3.8) is 0 Å². The molecule has 0 saturated heterocycles. The molecule has 4 aromatic carbocycles. The third-order valence-corrected chi connectivity index (χ3v) is 18.0. The number of phenols is 4. The normalized spacial score (nSPS) is 37.9. The van der Waals surface area contributed by atoms with Crippen molar-refractivity contribution in [3.05, 3.63) is 139 Å². The number of hydrogen-bond donors (Lipinski definition) is 4. The smallest absolute Gasteiger partial charge is 0.127 e. The van der Waals surface area contributed by atoms with Crippen molar-refractivity contribution >= 4 is 0 Å². The van der Waals surface area contributed by atoms with Crippen LogP contribution in [0.1, 0.15) is 352 Å². The fourth-order valence-corrected chi connectivity index (χ4v) is 13.1. The lowest BCUT2D eigenvalue weighted by Crippen LogP contribution is -2.45. The molecule has 0 saturated carbocycles. The predicted molar refractivity (Wildman–Crippen MR) is 381 cm³/mol. The van der Waals surface area contributed by atoms with Crippen molar-refractivity contribution in [3.8, 4) is 46.0 Å². The van der Waals surface area contributed by atoms with Crippen molar-refractivity contribution in [1.82, 2.24) is 0 Å². The number of unbranched alkanes of at least 4 members (excludes halogenated alkanes) is 8. The molecule has 12 rings (SSSR count). The van der Waals surface area contributed by atoms with E-state index in [-0.39, 0.29) is 105 Å². The molecule has 0 spiro atoms. The molecule has 4 N–H and O–H groups in total. The topological polar surface area (TPSA) is 118 Å². The lowest BCUT2D eigenvalue weighted by Gasteiger charge is -2.46. The van der Waals surface area contributed by atoms with E-state index >= 15 is 0 Å². The minimum Gasteiger partial charge on any atom is -0.507 e.